The fourth-order valence-electron chi connectivity index (χ4n) is 3.66. The maximum atomic E-state index is 14.1. The topological polar surface area (TPSA) is 49.9 Å². The molecule has 0 saturated carbocycles. The molecule has 26 heavy (non-hydrogen) atoms. The molecule has 0 aliphatic carbocycles. The van der Waals surface area contributed by atoms with Gasteiger partial charge in [0.25, 0.3) is 0 Å². The lowest BCUT2D eigenvalue weighted by Crippen LogP contribution is -2.42. The van der Waals surface area contributed by atoms with Gasteiger partial charge in [-0.2, -0.15) is 0 Å². The molecule has 0 aromatic heterocycles. The van der Waals surface area contributed by atoms with E-state index in [1.54, 1.807) is 17.0 Å². The van der Waals surface area contributed by atoms with E-state index in [1.807, 2.05) is 12.1 Å². The summed E-state index contributed by atoms with van der Waals surface area (Å²) in [5.41, 5.74) is 0.673. The number of carbonyl (C=O) groups is 2. The third kappa shape index (κ3) is 2.52. The van der Waals surface area contributed by atoms with Crippen molar-refractivity contribution in [1.82, 2.24) is 4.90 Å². The SMILES string of the molecule is CN(C(=O)N1CCC2(C1)OC(=O)c1ccccc12)c1ccc(Cl)cc1F. The summed E-state index contributed by atoms with van der Waals surface area (Å²) in [6.07, 6.45) is 0.512. The molecule has 1 fully saturated rings. The highest BCUT2D eigenvalue weighted by Crippen LogP contribution is 2.43. The van der Waals surface area contributed by atoms with Gasteiger partial charge in [0.05, 0.1) is 17.8 Å². The number of halogens is 2. The molecule has 0 radical (unpaired) electrons. The first-order chi connectivity index (χ1) is 12.4. The third-order valence-electron chi connectivity index (χ3n) is 4.99. The lowest BCUT2D eigenvalue weighted by molar-refractivity contribution is -0.00176. The van der Waals surface area contributed by atoms with Gasteiger partial charge in [0.1, 0.15) is 5.82 Å². The second-order valence-electron chi connectivity index (χ2n) is 6.54. The fraction of sp³-hybridized carbons (Fsp3) is 0.263. The summed E-state index contributed by atoms with van der Waals surface area (Å²) in [6.45, 7) is 0.661. The Hall–Kier alpha value is -2.60. The van der Waals surface area contributed by atoms with Crippen molar-refractivity contribution < 1.29 is 18.7 Å². The summed E-state index contributed by atoms with van der Waals surface area (Å²) < 4.78 is 19.8. The summed E-state index contributed by atoms with van der Waals surface area (Å²) in [5, 5.41) is 0.265. The number of nitrogens with zero attached hydrogens (tertiary/aromatic N) is 2. The van der Waals surface area contributed by atoms with Crippen LogP contribution >= 0.6 is 11.6 Å². The standard InChI is InChI=1S/C19H16ClFN2O3/c1-22(16-7-6-12(20)10-15(16)21)18(25)23-9-8-19(11-23)14-5-3-2-4-13(14)17(24)26-19/h2-7,10H,8-9,11H2,1H3. The van der Waals surface area contributed by atoms with E-state index in [4.69, 9.17) is 16.3 Å². The van der Waals surface area contributed by atoms with Crippen molar-refractivity contribution in [3.05, 3.63) is 64.4 Å². The highest BCUT2D eigenvalue weighted by Gasteiger charge is 2.51. The van der Waals surface area contributed by atoms with Crippen LogP contribution < -0.4 is 4.90 Å². The highest BCUT2D eigenvalue weighted by atomic mass is 35.5. The molecule has 2 heterocycles. The molecule has 134 valence electrons. The van der Waals surface area contributed by atoms with E-state index >= 15 is 0 Å². The zero-order valence-corrected chi connectivity index (χ0v) is 14.8. The van der Waals surface area contributed by atoms with Crippen molar-refractivity contribution >= 4 is 29.3 Å². The smallest absolute Gasteiger partial charge is 0.339 e. The largest absolute Gasteiger partial charge is 0.449 e. The summed E-state index contributed by atoms with van der Waals surface area (Å²) in [5.74, 6) is -0.938. The normalized spacial score (nSPS) is 21.0. The number of likely N-dealkylation sites (tertiary alicyclic amines) is 1. The van der Waals surface area contributed by atoms with Gasteiger partial charge in [-0.05, 0) is 24.3 Å². The molecular weight excluding hydrogens is 359 g/mol. The Morgan fingerprint density at radius 3 is 2.85 bits per heavy atom. The first-order valence-corrected chi connectivity index (χ1v) is 8.60. The molecule has 4 rings (SSSR count). The molecule has 1 atom stereocenters. The number of amides is 2. The second kappa shape index (κ2) is 5.99. The average Bonchev–Trinajstić information content (AvgIpc) is 3.17. The summed E-state index contributed by atoms with van der Waals surface area (Å²) in [4.78, 5) is 27.8. The number of hydrogen-bond donors (Lipinski definition) is 0. The maximum Gasteiger partial charge on any atom is 0.339 e. The molecular formula is C19H16ClFN2O3. The van der Waals surface area contributed by atoms with Crippen molar-refractivity contribution in [1.29, 1.82) is 0 Å². The van der Waals surface area contributed by atoms with Gasteiger partial charge in [-0.25, -0.2) is 14.0 Å². The Morgan fingerprint density at radius 1 is 1.31 bits per heavy atom. The van der Waals surface area contributed by atoms with E-state index in [1.165, 1.54) is 30.1 Å². The summed E-state index contributed by atoms with van der Waals surface area (Å²) in [6, 6.07) is 11.0. The number of rotatable bonds is 1. The zero-order valence-electron chi connectivity index (χ0n) is 14.0. The van der Waals surface area contributed by atoms with E-state index < -0.39 is 11.4 Å². The molecule has 5 nitrogen and oxygen atoms in total. The van der Waals surface area contributed by atoms with Crippen LogP contribution in [0.4, 0.5) is 14.9 Å². The molecule has 2 aliphatic heterocycles. The Bertz CT molecular complexity index is 919. The lowest BCUT2D eigenvalue weighted by Gasteiger charge is -2.27. The summed E-state index contributed by atoms with van der Waals surface area (Å²) >= 11 is 5.77. The van der Waals surface area contributed by atoms with E-state index in [0.717, 1.165) is 5.56 Å². The van der Waals surface area contributed by atoms with E-state index in [-0.39, 0.29) is 29.3 Å². The molecule has 0 N–H and O–H groups in total. The molecule has 1 unspecified atom stereocenters. The van der Waals surface area contributed by atoms with Gasteiger partial charge in [0.2, 0.25) is 0 Å². The molecule has 2 aromatic carbocycles. The molecule has 2 amide bonds. The molecule has 2 aliphatic rings. The number of urea groups is 1. The van der Waals surface area contributed by atoms with E-state index in [2.05, 4.69) is 0 Å². The molecule has 1 saturated heterocycles. The van der Waals surface area contributed by atoms with Crippen molar-refractivity contribution in [2.24, 2.45) is 0 Å². The minimum atomic E-state index is -0.817. The maximum absolute atomic E-state index is 14.1. The number of esters is 1. The lowest BCUT2D eigenvalue weighted by atomic mass is 9.92. The molecule has 7 heteroatoms. The van der Waals surface area contributed by atoms with Crippen LogP contribution in [0.15, 0.2) is 42.5 Å². The van der Waals surface area contributed by atoms with Crippen LogP contribution in [0.2, 0.25) is 5.02 Å². The Labute approximate surface area is 154 Å². The third-order valence-corrected chi connectivity index (χ3v) is 5.22. The van der Waals surface area contributed by atoms with Crippen LogP contribution in [-0.4, -0.2) is 37.0 Å². The van der Waals surface area contributed by atoms with Gasteiger partial charge in [0.15, 0.2) is 5.60 Å². The molecule has 1 spiro atoms. The summed E-state index contributed by atoms with van der Waals surface area (Å²) in [7, 11) is 1.51. The average molecular weight is 375 g/mol. The predicted octanol–water partition coefficient (Wildman–Crippen LogP) is 3.81. The number of anilines is 1. The second-order valence-corrected chi connectivity index (χ2v) is 6.97. The molecule has 2 aromatic rings. The number of ether oxygens (including phenoxy) is 1. The van der Waals surface area contributed by atoms with Crippen LogP contribution in [0.25, 0.3) is 0 Å². The number of benzene rings is 2. The van der Waals surface area contributed by atoms with E-state index in [0.29, 0.717) is 18.5 Å². The van der Waals surface area contributed by atoms with Crippen LogP contribution in [-0.2, 0) is 10.3 Å². The Kier molecular flexibility index (Phi) is 3.88. The quantitative estimate of drug-likeness (QED) is 0.713. The van der Waals surface area contributed by atoms with Crippen molar-refractivity contribution in [3.8, 4) is 0 Å². The number of carbonyl (C=O) groups excluding carboxylic acids is 2. The Morgan fingerprint density at radius 2 is 2.08 bits per heavy atom. The number of fused-ring (bicyclic) bond motifs is 2. The Balaban J connectivity index is 1.58. The van der Waals surface area contributed by atoms with Gasteiger partial charge in [-0.15, -0.1) is 0 Å². The van der Waals surface area contributed by atoms with E-state index in [9.17, 15) is 14.0 Å². The first-order valence-electron chi connectivity index (χ1n) is 8.22. The van der Waals surface area contributed by atoms with Gasteiger partial charge in [-0.1, -0.05) is 29.8 Å². The predicted molar refractivity (Wildman–Crippen MR) is 94.9 cm³/mol. The van der Waals surface area contributed by atoms with Crippen molar-refractivity contribution in [2.45, 2.75) is 12.0 Å². The monoisotopic (exact) mass is 374 g/mol. The minimum absolute atomic E-state index is 0.143. The van der Waals surface area contributed by atoms with Crippen molar-refractivity contribution in [3.63, 3.8) is 0 Å². The number of hydrogen-bond acceptors (Lipinski definition) is 3. The first kappa shape index (κ1) is 16.8. The zero-order chi connectivity index (χ0) is 18.5. The highest BCUT2D eigenvalue weighted by molar-refractivity contribution is 6.30. The fourth-order valence-corrected chi connectivity index (χ4v) is 3.82. The molecule has 0 bridgehead atoms. The van der Waals surface area contributed by atoms with Gasteiger partial charge < -0.3 is 9.64 Å². The van der Waals surface area contributed by atoms with Crippen LogP contribution in [0, 0.1) is 5.82 Å². The van der Waals surface area contributed by atoms with Gasteiger partial charge >= 0.3 is 12.0 Å². The van der Waals surface area contributed by atoms with Crippen LogP contribution in [0.1, 0.15) is 22.3 Å². The van der Waals surface area contributed by atoms with Crippen LogP contribution in [0.3, 0.4) is 0 Å². The van der Waals surface area contributed by atoms with Gasteiger partial charge in [-0.3, -0.25) is 4.90 Å². The van der Waals surface area contributed by atoms with Gasteiger partial charge in [0, 0.05) is 30.6 Å². The minimum Gasteiger partial charge on any atom is -0.449 e. The van der Waals surface area contributed by atoms with Crippen LogP contribution in [0.5, 0.6) is 0 Å². The van der Waals surface area contributed by atoms with Crippen molar-refractivity contribution in [2.75, 3.05) is 25.0 Å².